The minimum atomic E-state index is 0.120. The first-order valence-electron chi connectivity index (χ1n) is 7.54. The van der Waals surface area contributed by atoms with Crippen LogP contribution in [0.15, 0.2) is 18.2 Å². The van der Waals surface area contributed by atoms with Crippen molar-refractivity contribution in [2.75, 3.05) is 26.2 Å². The first kappa shape index (κ1) is 15.1. The second kappa shape index (κ2) is 6.95. The number of phenols is 2. The Morgan fingerprint density at radius 2 is 1.85 bits per heavy atom. The van der Waals surface area contributed by atoms with Gasteiger partial charge >= 0.3 is 0 Å². The predicted octanol–water partition coefficient (Wildman–Crippen LogP) is 2.48. The average Bonchev–Trinajstić information content (AvgIpc) is 2.42. The van der Waals surface area contributed by atoms with Crippen LogP contribution in [0.5, 0.6) is 11.5 Å². The third kappa shape index (κ3) is 3.87. The van der Waals surface area contributed by atoms with Gasteiger partial charge in [-0.15, -0.1) is 0 Å². The molecule has 112 valence electrons. The van der Waals surface area contributed by atoms with E-state index < -0.39 is 0 Å². The number of benzene rings is 1. The minimum Gasteiger partial charge on any atom is -0.508 e. The SMILES string of the molecule is CC(C)CC[C@@H](c1ccc(O)cc1O)N1CCNCC1. The molecule has 1 aliphatic rings. The maximum Gasteiger partial charge on any atom is 0.124 e. The number of hydrogen-bond donors (Lipinski definition) is 3. The second-order valence-electron chi connectivity index (χ2n) is 6.02. The Morgan fingerprint density at radius 3 is 2.45 bits per heavy atom. The Balaban J connectivity index is 2.19. The number of piperazine rings is 1. The molecule has 0 aliphatic carbocycles. The Kier molecular flexibility index (Phi) is 5.26. The summed E-state index contributed by atoms with van der Waals surface area (Å²) in [6.07, 6.45) is 2.17. The van der Waals surface area contributed by atoms with Crippen molar-refractivity contribution < 1.29 is 10.2 Å². The van der Waals surface area contributed by atoms with E-state index in [1.807, 2.05) is 6.07 Å². The Morgan fingerprint density at radius 1 is 1.15 bits per heavy atom. The van der Waals surface area contributed by atoms with Gasteiger partial charge in [0.25, 0.3) is 0 Å². The minimum absolute atomic E-state index is 0.120. The van der Waals surface area contributed by atoms with Crippen LogP contribution < -0.4 is 5.32 Å². The highest BCUT2D eigenvalue weighted by molar-refractivity contribution is 5.40. The summed E-state index contributed by atoms with van der Waals surface area (Å²) in [5.74, 6) is 0.978. The molecule has 0 saturated carbocycles. The molecule has 20 heavy (non-hydrogen) atoms. The van der Waals surface area contributed by atoms with Gasteiger partial charge in [0.05, 0.1) is 0 Å². The zero-order chi connectivity index (χ0) is 14.5. The van der Waals surface area contributed by atoms with Crippen LogP contribution in [-0.4, -0.2) is 41.3 Å². The first-order valence-corrected chi connectivity index (χ1v) is 7.54. The van der Waals surface area contributed by atoms with Crippen molar-refractivity contribution in [3.05, 3.63) is 23.8 Å². The van der Waals surface area contributed by atoms with Crippen molar-refractivity contribution in [3.8, 4) is 11.5 Å². The lowest BCUT2D eigenvalue weighted by molar-refractivity contribution is 0.157. The van der Waals surface area contributed by atoms with E-state index in [1.165, 1.54) is 6.07 Å². The van der Waals surface area contributed by atoms with E-state index in [9.17, 15) is 10.2 Å². The molecule has 4 heteroatoms. The molecule has 0 amide bonds. The van der Waals surface area contributed by atoms with Gasteiger partial charge in [-0.25, -0.2) is 0 Å². The Labute approximate surface area is 121 Å². The standard InChI is InChI=1S/C16H26N2O2/c1-12(2)3-6-15(18-9-7-17-8-10-18)14-5-4-13(19)11-16(14)20/h4-5,11-12,15,17,19-20H,3,6-10H2,1-2H3/t15-/m0/s1. The molecule has 0 radical (unpaired) electrons. The van der Waals surface area contributed by atoms with Crippen LogP contribution in [0.3, 0.4) is 0 Å². The van der Waals surface area contributed by atoms with Crippen molar-refractivity contribution in [2.45, 2.75) is 32.7 Å². The van der Waals surface area contributed by atoms with Gasteiger partial charge in [-0.1, -0.05) is 19.9 Å². The van der Waals surface area contributed by atoms with Crippen molar-refractivity contribution in [2.24, 2.45) is 5.92 Å². The quantitative estimate of drug-likeness (QED) is 0.774. The molecule has 1 aromatic rings. The lowest BCUT2D eigenvalue weighted by atomic mass is 9.95. The monoisotopic (exact) mass is 278 g/mol. The van der Waals surface area contributed by atoms with Crippen molar-refractivity contribution in [1.82, 2.24) is 10.2 Å². The molecular weight excluding hydrogens is 252 g/mol. The van der Waals surface area contributed by atoms with E-state index in [1.54, 1.807) is 6.07 Å². The van der Waals surface area contributed by atoms with E-state index in [2.05, 4.69) is 24.1 Å². The average molecular weight is 278 g/mol. The largest absolute Gasteiger partial charge is 0.508 e. The van der Waals surface area contributed by atoms with Gasteiger partial charge < -0.3 is 15.5 Å². The number of nitrogens with one attached hydrogen (secondary N) is 1. The molecule has 0 unspecified atom stereocenters. The number of phenolic OH excluding ortho intramolecular Hbond substituents is 2. The summed E-state index contributed by atoms with van der Waals surface area (Å²) < 4.78 is 0. The number of hydrogen-bond acceptors (Lipinski definition) is 4. The smallest absolute Gasteiger partial charge is 0.124 e. The van der Waals surface area contributed by atoms with Crippen LogP contribution in [0.25, 0.3) is 0 Å². The summed E-state index contributed by atoms with van der Waals surface area (Å²) in [6, 6.07) is 5.21. The first-order chi connectivity index (χ1) is 9.58. The van der Waals surface area contributed by atoms with E-state index in [-0.39, 0.29) is 17.5 Å². The van der Waals surface area contributed by atoms with Gasteiger partial charge in [0.15, 0.2) is 0 Å². The topological polar surface area (TPSA) is 55.7 Å². The molecule has 1 saturated heterocycles. The van der Waals surface area contributed by atoms with Gasteiger partial charge in [0, 0.05) is 43.9 Å². The van der Waals surface area contributed by atoms with E-state index in [0.717, 1.165) is 44.6 Å². The summed E-state index contributed by atoms with van der Waals surface area (Å²) >= 11 is 0. The van der Waals surface area contributed by atoms with Crippen LogP contribution >= 0.6 is 0 Å². The number of aromatic hydroxyl groups is 2. The van der Waals surface area contributed by atoms with Crippen molar-refractivity contribution in [1.29, 1.82) is 0 Å². The predicted molar refractivity (Wildman–Crippen MR) is 81.0 cm³/mol. The highest BCUT2D eigenvalue weighted by Crippen LogP contribution is 2.35. The van der Waals surface area contributed by atoms with Gasteiger partial charge in [-0.05, 0) is 24.8 Å². The summed E-state index contributed by atoms with van der Waals surface area (Å²) in [5.41, 5.74) is 0.936. The summed E-state index contributed by atoms with van der Waals surface area (Å²) in [5, 5.41) is 23.0. The molecule has 1 fully saturated rings. The lowest BCUT2D eigenvalue weighted by Crippen LogP contribution is -2.45. The second-order valence-corrected chi connectivity index (χ2v) is 6.02. The fourth-order valence-electron chi connectivity index (χ4n) is 2.83. The number of nitrogens with zero attached hydrogens (tertiary/aromatic N) is 1. The fraction of sp³-hybridized carbons (Fsp3) is 0.625. The molecule has 2 rings (SSSR count). The van der Waals surface area contributed by atoms with Gasteiger partial charge in [-0.2, -0.15) is 0 Å². The van der Waals surface area contributed by atoms with Gasteiger partial charge in [-0.3, -0.25) is 4.90 Å². The molecule has 1 heterocycles. The van der Waals surface area contributed by atoms with Crippen LogP contribution in [0.2, 0.25) is 0 Å². The van der Waals surface area contributed by atoms with Crippen LogP contribution in [0.4, 0.5) is 0 Å². The molecular formula is C16H26N2O2. The normalized spacial score (nSPS) is 18.4. The Hall–Kier alpha value is -1.26. The van der Waals surface area contributed by atoms with E-state index in [0.29, 0.717) is 5.92 Å². The molecule has 4 nitrogen and oxygen atoms in total. The van der Waals surface area contributed by atoms with E-state index in [4.69, 9.17) is 0 Å². The van der Waals surface area contributed by atoms with Crippen molar-refractivity contribution in [3.63, 3.8) is 0 Å². The zero-order valence-corrected chi connectivity index (χ0v) is 12.5. The van der Waals surface area contributed by atoms with Crippen LogP contribution in [0, 0.1) is 5.92 Å². The molecule has 0 spiro atoms. The lowest BCUT2D eigenvalue weighted by Gasteiger charge is -2.36. The summed E-state index contributed by atoms with van der Waals surface area (Å²) in [7, 11) is 0. The maximum atomic E-state index is 10.2. The molecule has 0 aromatic heterocycles. The van der Waals surface area contributed by atoms with Gasteiger partial charge in [0.1, 0.15) is 11.5 Å². The zero-order valence-electron chi connectivity index (χ0n) is 12.5. The van der Waals surface area contributed by atoms with Crippen LogP contribution in [-0.2, 0) is 0 Å². The third-order valence-electron chi connectivity index (χ3n) is 3.98. The Bertz CT molecular complexity index is 428. The third-order valence-corrected chi connectivity index (χ3v) is 3.98. The molecule has 0 bridgehead atoms. The molecule has 1 atom stereocenters. The van der Waals surface area contributed by atoms with Gasteiger partial charge in [0.2, 0.25) is 0 Å². The van der Waals surface area contributed by atoms with Crippen LogP contribution in [0.1, 0.15) is 38.3 Å². The fourth-order valence-corrected chi connectivity index (χ4v) is 2.83. The van der Waals surface area contributed by atoms with E-state index >= 15 is 0 Å². The molecule has 3 N–H and O–H groups in total. The summed E-state index contributed by atoms with van der Waals surface area (Å²) in [6.45, 7) is 8.46. The molecule has 1 aliphatic heterocycles. The highest BCUT2D eigenvalue weighted by atomic mass is 16.3. The maximum absolute atomic E-state index is 10.2. The number of rotatable bonds is 5. The summed E-state index contributed by atoms with van der Waals surface area (Å²) in [4.78, 5) is 2.44. The van der Waals surface area contributed by atoms with Crippen molar-refractivity contribution >= 4 is 0 Å². The highest BCUT2D eigenvalue weighted by Gasteiger charge is 2.24. The molecule has 1 aromatic carbocycles.